The van der Waals surface area contributed by atoms with Crippen molar-refractivity contribution in [3.8, 4) is 22.9 Å². The summed E-state index contributed by atoms with van der Waals surface area (Å²) in [6.07, 6.45) is 10.1. The van der Waals surface area contributed by atoms with Crippen molar-refractivity contribution in [1.82, 2.24) is 24.1 Å². The second-order valence-electron chi connectivity index (χ2n) is 7.59. The molecule has 0 amide bonds. The predicted molar refractivity (Wildman–Crippen MR) is 105 cm³/mol. The zero-order chi connectivity index (χ0) is 19.3. The number of aromatic nitrogens is 5. The Bertz CT molecular complexity index is 1160. The van der Waals surface area contributed by atoms with Crippen molar-refractivity contribution in [3.05, 3.63) is 60.8 Å². The van der Waals surface area contributed by atoms with Crippen molar-refractivity contribution >= 4 is 5.65 Å². The minimum absolute atomic E-state index is 0.0602. The van der Waals surface area contributed by atoms with Crippen LogP contribution in [0.25, 0.3) is 17.0 Å². The Morgan fingerprint density at radius 2 is 2.07 bits per heavy atom. The fourth-order valence-electron chi connectivity index (χ4n) is 3.93. The average Bonchev–Trinajstić information content (AvgIpc) is 3.33. The topological polar surface area (TPSA) is 66.5 Å². The molecule has 1 unspecified atom stereocenters. The zero-order valence-electron chi connectivity index (χ0n) is 16.0. The SMILES string of the molecule is COc1ccc2c(c1)C(n1ccnc1-c1cnn3cccnc13)CC(C)(C)O2. The van der Waals surface area contributed by atoms with Gasteiger partial charge in [0.25, 0.3) is 0 Å². The lowest BCUT2D eigenvalue weighted by Crippen LogP contribution is -2.37. The van der Waals surface area contributed by atoms with Crippen LogP contribution in [0.5, 0.6) is 11.5 Å². The van der Waals surface area contributed by atoms with Crippen LogP contribution in [0.4, 0.5) is 0 Å². The van der Waals surface area contributed by atoms with Crippen LogP contribution in [-0.2, 0) is 0 Å². The summed E-state index contributed by atoms with van der Waals surface area (Å²) in [5.41, 5.74) is 2.47. The average molecular weight is 375 g/mol. The van der Waals surface area contributed by atoms with Gasteiger partial charge in [-0.2, -0.15) is 5.10 Å². The number of methoxy groups -OCH3 is 1. The zero-order valence-corrected chi connectivity index (χ0v) is 16.0. The minimum Gasteiger partial charge on any atom is -0.497 e. The van der Waals surface area contributed by atoms with Crippen LogP contribution >= 0.6 is 0 Å². The number of imidazole rings is 1. The third-order valence-electron chi connectivity index (χ3n) is 5.17. The maximum absolute atomic E-state index is 6.23. The first-order valence-electron chi connectivity index (χ1n) is 9.24. The molecule has 0 bridgehead atoms. The van der Waals surface area contributed by atoms with Crippen LogP contribution in [-0.4, -0.2) is 36.9 Å². The first kappa shape index (κ1) is 16.8. The Kier molecular flexibility index (Phi) is 3.65. The van der Waals surface area contributed by atoms with Crippen molar-refractivity contribution < 1.29 is 9.47 Å². The van der Waals surface area contributed by atoms with E-state index in [-0.39, 0.29) is 11.6 Å². The molecule has 1 aliphatic heterocycles. The number of benzene rings is 1. The van der Waals surface area contributed by atoms with Crippen LogP contribution in [0.1, 0.15) is 31.9 Å². The van der Waals surface area contributed by atoms with Crippen LogP contribution in [0, 0.1) is 0 Å². The number of hydrogen-bond donors (Lipinski definition) is 0. The van der Waals surface area contributed by atoms with Gasteiger partial charge in [-0.1, -0.05) is 0 Å². The van der Waals surface area contributed by atoms with E-state index >= 15 is 0 Å². The molecule has 0 saturated carbocycles. The molecule has 0 saturated heterocycles. The molecule has 0 spiro atoms. The molecule has 4 aromatic rings. The molecule has 0 fully saturated rings. The highest BCUT2D eigenvalue weighted by molar-refractivity contribution is 5.72. The summed E-state index contributed by atoms with van der Waals surface area (Å²) in [6, 6.07) is 7.88. The number of fused-ring (bicyclic) bond motifs is 2. The van der Waals surface area contributed by atoms with Gasteiger partial charge in [0.15, 0.2) is 5.65 Å². The van der Waals surface area contributed by atoms with E-state index in [2.05, 4.69) is 33.5 Å². The summed E-state index contributed by atoms with van der Waals surface area (Å²) >= 11 is 0. The third kappa shape index (κ3) is 2.62. The van der Waals surface area contributed by atoms with Gasteiger partial charge in [0.05, 0.1) is 24.9 Å². The van der Waals surface area contributed by atoms with E-state index in [4.69, 9.17) is 9.47 Å². The van der Waals surface area contributed by atoms with Crippen LogP contribution in [0.2, 0.25) is 0 Å². The molecular weight excluding hydrogens is 354 g/mol. The Hall–Kier alpha value is -3.35. The fraction of sp³-hybridized carbons (Fsp3) is 0.286. The lowest BCUT2D eigenvalue weighted by Gasteiger charge is -2.38. The summed E-state index contributed by atoms with van der Waals surface area (Å²) in [6.45, 7) is 4.22. The molecule has 5 rings (SSSR count). The van der Waals surface area contributed by atoms with Crippen molar-refractivity contribution in [2.24, 2.45) is 0 Å². The standard InChI is InChI=1S/C21H21N5O2/c1-21(2)12-17(15-11-14(27-3)5-6-18(15)28-21)25-10-8-23-19(25)16-13-24-26-9-4-7-22-20(16)26/h4-11,13,17H,12H2,1-3H3. The summed E-state index contributed by atoms with van der Waals surface area (Å²) in [7, 11) is 1.68. The van der Waals surface area contributed by atoms with E-state index in [1.807, 2.05) is 49.1 Å². The lowest BCUT2D eigenvalue weighted by atomic mass is 9.89. The molecule has 7 heteroatoms. The molecule has 142 valence electrons. The summed E-state index contributed by atoms with van der Waals surface area (Å²) < 4.78 is 15.6. The smallest absolute Gasteiger partial charge is 0.165 e. The molecule has 4 heterocycles. The summed E-state index contributed by atoms with van der Waals surface area (Å²) in [5.74, 6) is 2.52. The number of rotatable bonds is 3. The monoisotopic (exact) mass is 375 g/mol. The second kappa shape index (κ2) is 6.09. The van der Waals surface area contributed by atoms with Gasteiger partial charge in [0.1, 0.15) is 22.9 Å². The third-order valence-corrected chi connectivity index (χ3v) is 5.17. The number of nitrogens with zero attached hydrogens (tertiary/aromatic N) is 5. The Morgan fingerprint density at radius 3 is 2.93 bits per heavy atom. The van der Waals surface area contributed by atoms with E-state index in [0.717, 1.165) is 40.5 Å². The van der Waals surface area contributed by atoms with Crippen molar-refractivity contribution in [1.29, 1.82) is 0 Å². The molecule has 0 aliphatic carbocycles. The summed E-state index contributed by atoms with van der Waals surface area (Å²) in [5, 5.41) is 4.42. The maximum Gasteiger partial charge on any atom is 0.165 e. The molecule has 7 nitrogen and oxygen atoms in total. The normalized spacial score (nSPS) is 17.9. The van der Waals surface area contributed by atoms with Gasteiger partial charge in [0.2, 0.25) is 0 Å². The van der Waals surface area contributed by atoms with Crippen molar-refractivity contribution in [2.75, 3.05) is 7.11 Å². The van der Waals surface area contributed by atoms with Crippen LogP contribution < -0.4 is 9.47 Å². The van der Waals surface area contributed by atoms with E-state index in [1.165, 1.54) is 0 Å². The van der Waals surface area contributed by atoms with E-state index < -0.39 is 0 Å². The number of ether oxygens (including phenoxy) is 2. The van der Waals surface area contributed by atoms with Gasteiger partial charge in [-0.3, -0.25) is 0 Å². The molecule has 0 radical (unpaired) electrons. The highest BCUT2D eigenvalue weighted by atomic mass is 16.5. The van der Waals surface area contributed by atoms with Crippen LogP contribution in [0.3, 0.4) is 0 Å². The van der Waals surface area contributed by atoms with E-state index in [0.29, 0.717) is 0 Å². The van der Waals surface area contributed by atoms with Gasteiger partial charge < -0.3 is 14.0 Å². The van der Waals surface area contributed by atoms with Crippen molar-refractivity contribution in [2.45, 2.75) is 31.9 Å². The van der Waals surface area contributed by atoms with Crippen molar-refractivity contribution in [3.63, 3.8) is 0 Å². The molecule has 0 N–H and O–H groups in total. The molecule has 1 aromatic carbocycles. The van der Waals surface area contributed by atoms with Gasteiger partial charge in [0, 0.05) is 36.8 Å². The Balaban J connectivity index is 1.68. The molecule has 1 aliphatic rings. The molecule has 3 aromatic heterocycles. The Labute approximate surface area is 162 Å². The maximum atomic E-state index is 6.23. The molecule has 1 atom stereocenters. The lowest BCUT2D eigenvalue weighted by molar-refractivity contribution is 0.0671. The van der Waals surface area contributed by atoms with Gasteiger partial charge in [-0.25, -0.2) is 14.5 Å². The first-order valence-corrected chi connectivity index (χ1v) is 9.24. The highest BCUT2D eigenvalue weighted by Gasteiger charge is 2.36. The minimum atomic E-state index is -0.298. The van der Waals surface area contributed by atoms with Gasteiger partial charge in [-0.15, -0.1) is 0 Å². The highest BCUT2D eigenvalue weighted by Crippen LogP contribution is 2.44. The van der Waals surface area contributed by atoms with Crippen LogP contribution in [0.15, 0.2) is 55.2 Å². The second-order valence-corrected chi connectivity index (χ2v) is 7.59. The largest absolute Gasteiger partial charge is 0.497 e. The number of hydrogen-bond acceptors (Lipinski definition) is 5. The van der Waals surface area contributed by atoms with Gasteiger partial charge in [-0.05, 0) is 38.1 Å². The first-order chi connectivity index (χ1) is 13.6. The predicted octanol–water partition coefficient (Wildman–Crippen LogP) is 3.75. The fourth-order valence-corrected chi connectivity index (χ4v) is 3.93. The van der Waals surface area contributed by atoms with E-state index in [9.17, 15) is 0 Å². The summed E-state index contributed by atoms with van der Waals surface area (Å²) in [4.78, 5) is 9.13. The van der Waals surface area contributed by atoms with Gasteiger partial charge >= 0.3 is 0 Å². The van der Waals surface area contributed by atoms with E-state index in [1.54, 1.807) is 17.8 Å². The molecule has 28 heavy (non-hydrogen) atoms. The quantitative estimate of drug-likeness (QED) is 0.546. The molecular formula is C21H21N5O2. The Morgan fingerprint density at radius 1 is 1.18 bits per heavy atom.